The summed E-state index contributed by atoms with van der Waals surface area (Å²) < 4.78 is 16.5. The Balaban J connectivity index is 1.37. The molecule has 0 radical (unpaired) electrons. The van der Waals surface area contributed by atoms with Crippen molar-refractivity contribution in [3.05, 3.63) is 76.4 Å². The molecule has 1 aromatic heterocycles. The summed E-state index contributed by atoms with van der Waals surface area (Å²) in [4.78, 5) is 29.8. The molecular formula is C26H26ClN3O6. The van der Waals surface area contributed by atoms with E-state index in [4.69, 9.17) is 30.9 Å². The van der Waals surface area contributed by atoms with Gasteiger partial charge in [-0.15, -0.1) is 0 Å². The Labute approximate surface area is 213 Å². The lowest BCUT2D eigenvalue weighted by molar-refractivity contribution is 0.0326. The summed E-state index contributed by atoms with van der Waals surface area (Å²) in [6.07, 6.45) is 0.798. The number of hydrogen-bond donors (Lipinski definition) is 2. The molecule has 4 rings (SSSR count). The fraction of sp³-hybridized carbons (Fsp3) is 0.269. The van der Waals surface area contributed by atoms with E-state index in [1.165, 1.54) is 0 Å². The molecule has 10 heteroatoms. The first-order valence-corrected chi connectivity index (χ1v) is 11.7. The van der Waals surface area contributed by atoms with Crippen molar-refractivity contribution < 1.29 is 28.9 Å². The third-order valence-electron chi connectivity index (χ3n) is 5.61. The number of benzene rings is 2. The van der Waals surface area contributed by atoms with Crippen LogP contribution < -0.4 is 19.7 Å². The Bertz CT molecular complexity index is 1250. The van der Waals surface area contributed by atoms with Gasteiger partial charge in [0.15, 0.2) is 0 Å². The van der Waals surface area contributed by atoms with Gasteiger partial charge in [0.1, 0.15) is 29.2 Å². The van der Waals surface area contributed by atoms with E-state index in [-0.39, 0.29) is 10.9 Å². The SMILES string of the molecule is CN(C)c1ncccc1CCNC(=O)c1ccc(Oc2cc3c(cc2Cl)C(OC(=O)O)CCO3)cc1. The molecule has 0 spiro atoms. The van der Waals surface area contributed by atoms with Gasteiger partial charge < -0.3 is 29.5 Å². The molecule has 2 aromatic carbocycles. The standard InChI is InChI=1S/C26H26ClN3O6/c1-30(2)24-16(4-3-11-28-24)9-12-29-25(31)17-5-7-18(8-6-17)35-23-15-22-19(14-20(23)27)21(10-13-34-22)36-26(32)33/h3-8,11,14-15,21H,9-10,12-13H2,1-2H3,(H,29,31)(H,32,33). The molecule has 0 fully saturated rings. The molecule has 1 unspecified atom stereocenters. The fourth-order valence-corrected chi connectivity index (χ4v) is 4.13. The minimum absolute atomic E-state index is 0.193. The van der Waals surface area contributed by atoms with Crippen LogP contribution in [-0.2, 0) is 11.2 Å². The number of fused-ring (bicyclic) bond motifs is 1. The van der Waals surface area contributed by atoms with Crippen molar-refractivity contribution in [3.8, 4) is 17.2 Å². The van der Waals surface area contributed by atoms with Crippen LogP contribution >= 0.6 is 11.6 Å². The number of amides is 1. The second-order valence-corrected chi connectivity index (χ2v) is 8.75. The minimum Gasteiger partial charge on any atom is -0.493 e. The van der Waals surface area contributed by atoms with E-state index < -0.39 is 12.3 Å². The van der Waals surface area contributed by atoms with Gasteiger partial charge in [0.05, 0.1) is 11.6 Å². The molecule has 1 atom stereocenters. The molecule has 1 amide bonds. The third kappa shape index (κ3) is 5.98. The Hall–Kier alpha value is -3.98. The summed E-state index contributed by atoms with van der Waals surface area (Å²) in [7, 11) is 3.87. The Morgan fingerprint density at radius 1 is 1.22 bits per heavy atom. The van der Waals surface area contributed by atoms with E-state index in [2.05, 4.69) is 10.3 Å². The quantitative estimate of drug-likeness (QED) is 0.403. The van der Waals surface area contributed by atoms with E-state index in [1.807, 2.05) is 31.1 Å². The second kappa shape index (κ2) is 11.2. The van der Waals surface area contributed by atoms with Crippen LogP contribution in [0.25, 0.3) is 0 Å². The molecule has 0 saturated heterocycles. The maximum atomic E-state index is 12.6. The van der Waals surface area contributed by atoms with E-state index in [0.717, 1.165) is 11.4 Å². The number of hydrogen-bond acceptors (Lipinski definition) is 7. The van der Waals surface area contributed by atoms with Crippen LogP contribution in [-0.4, -0.2) is 49.4 Å². The van der Waals surface area contributed by atoms with E-state index >= 15 is 0 Å². The molecule has 2 heterocycles. The number of pyridine rings is 1. The Morgan fingerprint density at radius 3 is 2.72 bits per heavy atom. The summed E-state index contributed by atoms with van der Waals surface area (Å²) in [5.41, 5.74) is 2.10. The van der Waals surface area contributed by atoms with Gasteiger partial charge >= 0.3 is 6.16 Å². The first-order chi connectivity index (χ1) is 17.3. The Kier molecular flexibility index (Phi) is 7.80. The van der Waals surface area contributed by atoms with Gasteiger partial charge in [-0.3, -0.25) is 4.79 Å². The molecule has 1 aliphatic heterocycles. The maximum absolute atomic E-state index is 12.6. The number of nitrogens with zero attached hydrogens (tertiary/aromatic N) is 2. The van der Waals surface area contributed by atoms with E-state index in [9.17, 15) is 9.59 Å². The Morgan fingerprint density at radius 2 is 2.00 bits per heavy atom. The highest BCUT2D eigenvalue weighted by molar-refractivity contribution is 6.32. The van der Waals surface area contributed by atoms with Crippen LogP contribution in [0.1, 0.15) is 34.0 Å². The summed E-state index contributed by atoms with van der Waals surface area (Å²) in [5.74, 6) is 1.96. The predicted octanol–water partition coefficient (Wildman–Crippen LogP) is 5.08. The second-order valence-electron chi connectivity index (χ2n) is 8.34. The first kappa shape index (κ1) is 25.1. The molecule has 0 aliphatic carbocycles. The number of carbonyl (C=O) groups is 2. The van der Waals surface area contributed by atoms with Gasteiger partial charge in [-0.25, -0.2) is 9.78 Å². The summed E-state index contributed by atoms with van der Waals surface area (Å²) in [5, 5.41) is 12.2. The lowest BCUT2D eigenvalue weighted by atomic mass is 10.0. The number of rotatable bonds is 8. The number of ether oxygens (including phenoxy) is 3. The monoisotopic (exact) mass is 511 g/mol. The zero-order chi connectivity index (χ0) is 25.7. The molecule has 36 heavy (non-hydrogen) atoms. The smallest absolute Gasteiger partial charge is 0.493 e. The van der Waals surface area contributed by atoms with E-state index in [1.54, 1.807) is 42.6 Å². The van der Waals surface area contributed by atoms with Crippen LogP contribution in [0.2, 0.25) is 5.02 Å². The maximum Gasteiger partial charge on any atom is 0.506 e. The van der Waals surface area contributed by atoms with Crippen LogP contribution in [0.5, 0.6) is 17.2 Å². The van der Waals surface area contributed by atoms with Gasteiger partial charge in [-0.05, 0) is 48.4 Å². The zero-order valence-corrected chi connectivity index (χ0v) is 20.6. The molecule has 0 saturated carbocycles. The van der Waals surface area contributed by atoms with Crippen molar-refractivity contribution in [2.75, 3.05) is 32.1 Å². The number of aromatic nitrogens is 1. The van der Waals surface area contributed by atoms with Crippen LogP contribution in [0.3, 0.4) is 0 Å². The van der Waals surface area contributed by atoms with Gasteiger partial charge in [0.25, 0.3) is 5.91 Å². The average Bonchev–Trinajstić information content (AvgIpc) is 2.85. The summed E-state index contributed by atoms with van der Waals surface area (Å²) in [6.45, 7) is 0.786. The van der Waals surface area contributed by atoms with Crippen molar-refractivity contribution in [2.45, 2.75) is 18.9 Å². The summed E-state index contributed by atoms with van der Waals surface area (Å²) >= 11 is 6.38. The number of carboxylic acid groups (broad SMARTS) is 1. The number of carbonyl (C=O) groups excluding carboxylic acids is 1. The highest BCUT2D eigenvalue weighted by Gasteiger charge is 2.27. The van der Waals surface area contributed by atoms with Crippen molar-refractivity contribution in [1.82, 2.24) is 10.3 Å². The van der Waals surface area contributed by atoms with Crippen molar-refractivity contribution in [1.29, 1.82) is 0 Å². The molecule has 9 nitrogen and oxygen atoms in total. The third-order valence-corrected chi connectivity index (χ3v) is 5.90. The van der Waals surface area contributed by atoms with Crippen LogP contribution in [0, 0.1) is 0 Å². The topological polar surface area (TPSA) is 110 Å². The fourth-order valence-electron chi connectivity index (χ4n) is 3.92. The van der Waals surface area contributed by atoms with Crippen molar-refractivity contribution in [3.63, 3.8) is 0 Å². The molecule has 1 aliphatic rings. The molecule has 0 bridgehead atoms. The van der Waals surface area contributed by atoms with Crippen molar-refractivity contribution in [2.24, 2.45) is 0 Å². The number of anilines is 1. The average molecular weight is 512 g/mol. The van der Waals surface area contributed by atoms with Gasteiger partial charge in [0.2, 0.25) is 0 Å². The highest BCUT2D eigenvalue weighted by atomic mass is 35.5. The normalized spacial score (nSPS) is 14.2. The molecule has 188 valence electrons. The predicted molar refractivity (Wildman–Crippen MR) is 135 cm³/mol. The number of halogens is 1. The van der Waals surface area contributed by atoms with Gasteiger partial charge in [-0.1, -0.05) is 17.7 Å². The summed E-state index contributed by atoms with van der Waals surface area (Å²) in [6, 6.07) is 13.8. The lowest BCUT2D eigenvalue weighted by Gasteiger charge is -2.25. The van der Waals surface area contributed by atoms with Crippen molar-refractivity contribution >= 4 is 29.5 Å². The largest absolute Gasteiger partial charge is 0.506 e. The zero-order valence-electron chi connectivity index (χ0n) is 19.9. The first-order valence-electron chi connectivity index (χ1n) is 11.3. The van der Waals surface area contributed by atoms with Crippen LogP contribution in [0.4, 0.5) is 10.6 Å². The van der Waals surface area contributed by atoms with Crippen LogP contribution in [0.15, 0.2) is 54.7 Å². The van der Waals surface area contributed by atoms with E-state index in [0.29, 0.717) is 54.4 Å². The lowest BCUT2D eigenvalue weighted by Crippen LogP contribution is -2.26. The molecular weight excluding hydrogens is 486 g/mol. The number of nitrogens with one attached hydrogen (secondary N) is 1. The molecule has 2 N–H and O–H groups in total. The van der Waals surface area contributed by atoms with Gasteiger partial charge in [0, 0.05) is 50.5 Å². The minimum atomic E-state index is -1.36. The molecule has 3 aromatic rings. The van der Waals surface area contributed by atoms with Gasteiger partial charge in [-0.2, -0.15) is 0 Å². The highest BCUT2D eigenvalue weighted by Crippen LogP contribution is 2.42.